The predicted octanol–water partition coefficient (Wildman–Crippen LogP) is 3.08. The second-order valence-corrected chi connectivity index (χ2v) is 7.81. The number of rotatable bonds is 4. The number of hydrogen-bond donors (Lipinski definition) is 1. The number of nitrogens with one attached hydrogen (secondary N) is 1. The van der Waals surface area contributed by atoms with Crippen molar-refractivity contribution in [2.24, 2.45) is 5.41 Å². The molecule has 0 aliphatic carbocycles. The van der Waals surface area contributed by atoms with E-state index in [1.54, 1.807) is 0 Å². The van der Waals surface area contributed by atoms with Crippen LogP contribution in [-0.4, -0.2) is 35.8 Å². The molecule has 0 aromatic heterocycles. The van der Waals surface area contributed by atoms with Crippen molar-refractivity contribution in [1.82, 2.24) is 10.2 Å². The number of nitrogens with zero attached hydrogens (tertiary/aromatic N) is 1. The molecule has 0 bridgehead atoms. The zero-order valence-corrected chi connectivity index (χ0v) is 15.4. The van der Waals surface area contributed by atoms with Gasteiger partial charge in [-0.05, 0) is 37.3 Å². The number of hydrogen-bond acceptors (Lipinski definition) is 2. The molecule has 1 saturated heterocycles. The van der Waals surface area contributed by atoms with Gasteiger partial charge in [-0.25, -0.2) is 0 Å². The lowest BCUT2D eigenvalue weighted by atomic mass is 9.94. The first-order chi connectivity index (χ1) is 11.3. The van der Waals surface area contributed by atoms with E-state index in [1.807, 2.05) is 37.8 Å². The number of carbonyl (C=O) groups excluding carboxylic acids is 2. The summed E-state index contributed by atoms with van der Waals surface area (Å²) in [5.41, 5.74) is 2.13. The number of aryl methyl sites for hydroxylation is 2. The van der Waals surface area contributed by atoms with E-state index >= 15 is 0 Å². The van der Waals surface area contributed by atoms with E-state index in [4.69, 9.17) is 0 Å². The van der Waals surface area contributed by atoms with E-state index in [2.05, 4.69) is 24.4 Å². The van der Waals surface area contributed by atoms with Crippen LogP contribution < -0.4 is 5.32 Å². The highest BCUT2D eigenvalue weighted by atomic mass is 16.2. The largest absolute Gasteiger partial charge is 0.353 e. The maximum atomic E-state index is 12.4. The minimum absolute atomic E-state index is 0.0897. The van der Waals surface area contributed by atoms with E-state index in [0.717, 1.165) is 32.4 Å². The first kappa shape index (κ1) is 18.5. The zero-order chi connectivity index (χ0) is 17.7. The molecule has 0 atom stereocenters. The third-order valence-electron chi connectivity index (χ3n) is 4.73. The van der Waals surface area contributed by atoms with Gasteiger partial charge in [0.05, 0.1) is 0 Å². The summed E-state index contributed by atoms with van der Waals surface area (Å²) in [4.78, 5) is 26.4. The zero-order valence-electron chi connectivity index (χ0n) is 15.4. The predicted molar refractivity (Wildman–Crippen MR) is 96.7 cm³/mol. The molecule has 1 fully saturated rings. The number of carbonyl (C=O) groups is 2. The Bertz CT molecular complexity index is 582. The van der Waals surface area contributed by atoms with Crippen LogP contribution in [0, 0.1) is 12.3 Å². The van der Waals surface area contributed by atoms with Gasteiger partial charge >= 0.3 is 0 Å². The van der Waals surface area contributed by atoms with Crippen molar-refractivity contribution in [3.05, 3.63) is 35.4 Å². The van der Waals surface area contributed by atoms with Crippen LogP contribution in [0.15, 0.2) is 24.3 Å². The highest BCUT2D eigenvalue weighted by Gasteiger charge is 2.27. The SMILES string of the molecule is Cc1ccccc1CCC(=O)N1CCC(NC(=O)C(C)(C)C)CC1. The molecule has 2 amide bonds. The van der Waals surface area contributed by atoms with Crippen LogP contribution in [0.3, 0.4) is 0 Å². The molecule has 0 saturated carbocycles. The highest BCUT2D eigenvalue weighted by Crippen LogP contribution is 2.17. The fourth-order valence-electron chi connectivity index (χ4n) is 2.97. The van der Waals surface area contributed by atoms with E-state index in [9.17, 15) is 9.59 Å². The Kier molecular flexibility index (Phi) is 6.03. The Morgan fingerprint density at radius 1 is 1.17 bits per heavy atom. The maximum Gasteiger partial charge on any atom is 0.225 e. The molecular formula is C20H30N2O2. The molecular weight excluding hydrogens is 300 g/mol. The summed E-state index contributed by atoms with van der Waals surface area (Å²) < 4.78 is 0. The smallest absolute Gasteiger partial charge is 0.225 e. The highest BCUT2D eigenvalue weighted by molar-refractivity contribution is 5.81. The molecule has 24 heavy (non-hydrogen) atoms. The van der Waals surface area contributed by atoms with Crippen molar-refractivity contribution >= 4 is 11.8 Å². The second kappa shape index (κ2) is 7.82. The van der Waals surface area contributed by atoms with Crippen molar-refractivity contribution in [3.8, 4) is 0 Å². The Morgan fingerprint density at radius 3 is 2.38 bits per heavy atom. The fourth-order valence-corrected chi connectivity index (χ4v) is 2.97. The molecule has 4 nitrogen and oxygen atoms in total. The molecule has 1 heterocycles. The number of likely N-dealkylation sites (tertiary alicyclic amines) is 1. The lowest BCUT2D eigenvalue weighted by Crippen LogP contribution is -2.49. The van der Waals surface area contributed by atoms with Crippen LogP contribution >= 0.6 is 0 Å². The number of benzene rings is 1. The Labute approximate surface area is 145 Å². The first-order valence-corrected chi connectivity index (χ1v) is 8.90. The van der Waals surface area contributed by atoms with E-state index in [0.29, 0.717) is 6.42 Å². The van der Waals surface area contributed by atoms with Gasteiger partial charge in [0, 0.05) is 31.0 Å². The van der Waals surface area contributed by atoms with E-state index in [-0.39, 0.29) is 23.3 Å². The van der Waals surface area contributed by atoms with Gasteiger partial charge in [0.25, 0.3) is 0 Å². The quantitative estimate of drug-likeness (QED) is 0.922. The van der Waals surface area contributed by atoms with Crippen molar-refractivity contribution < 1.29 is 9.59 Å². The van der Waals surface area contributed by atoms with Crippen LogP contribution in [0.25, 0.3) is 0 Å². The summed E-state index contributed by atoms with van der Waals surface area (Å²) in [6.07, 6.45) is 3.05. The molecule has 0 spiro atoms. The molecule has 2 rings (SSSR count). The third-order valence-corrected chi connectivity index (χ3v) is 4.73. The average molecular weight is 330 g/mol. The number of piperidine rings is 1. The number of amides is 2. The molecule has 0 radical (unpaired) electrons. The summed E-state index contributed by atoms with van der Waals surface area (Å²) in [5, 5.41) is 3.11. The van der Waals surface area contributed by atoms with Crippen LogP contribution in [-0.2, 0) is 16.0 Å². The van der Waals surface area contributed by atoms with Gasteiger partial charge in [0.15, 0.2) is 0 Å². The summed E-state index contributed by atoms with van der Waals surface area (Å²) in [7, 11) is 0. The lowest BCUT2D eigenvalue weighted by Gasteiger charge is -2.34. The van der Waals surface area contributed by atoms with E-state index < -0.39 is 0 Å². The molecule has 1 aromatic rings. The van der Waals surface area contributed by atoms with Crippen molar-refractivity contribution in [2.45, 2.75) is 59.4 Å². The maximum absolute atomic E-state index is 12.4. The van der Waals surface area contributed by atoms with Gasteiger partial charge in [-0.15, -0.1) is 0 Å². The first-order valence-electron chi connectivity index (χ1n) is 8.90. The van der Waals surface area contributed by atoms with Crippen LogP contribution in [0.2, 0.25) is 0 Å². The molecule has 1 N–H and O–H groups in total. The van der Waals surface area contributed by atoms with Gasteiger partial charge in [-0.3, -0.25) is 9.59 Å². The van der Waals surface area contributed by atoms with Crippen LogP contribution in [0.1, 0.15) is 51.2 Å². The Hall–Kier alpha value is -1.84. The third kappa shape index (κ3) is 5.08. The lowest BCUT2D eigenvalue weighted by molar-refractivity contribution is -0.132. The van der Waals surface area contributed by atoms with E-state index in [1.165, 1.54) is 11.1 Å². The Balaban J connectivity index is 1.77. The Morgan fingerprint density at radius 2 is 1.79 bits per heavy atom. The summed E-state index contributed by atoms with van der Waals surface area (Å²) in [5.74, 6) is 0.311. The molecule has 1 aromatic carbocycles. The summed E-state index contributed by atoms with van der Waals surface area (Å²) in [6, 6.07) is 8.42. The minimum atomic E-state index is -0.361. The van der Waals surface area contributed by atoms with Crippen molar-refractivity contribution in [2.75, 3.05) is 13.1 Å². The van der Waals surface area contributed by atoms with Gasteiger partial charge in [-0.1, -0.05) is 45.0 Å². The van der Waals surface area contributed by atoms with Crippen LogP contribution in [0.5, 0.6) is 0 Å². The fraction of sp³-hybridized carbons (Fsp3) is 0.600. The summed E-state index contributed by atoms with van der Waals surface area (Å²) >= 11 is 0. The molecule has 1 aliphatic heterocycles. The second-order valence-electron chi connectivity index (χ2n) is 7.81. The molecule has 132 valence electrons. The van der Waals surface area contributed by atoms with Gasteiger partial charge < -0.3 is 10.2 Å². The van der Waals surface area contributed by atoms with Gasteiger partial charge in [-0.2, -0.15) is 0 Å². The van der Waals surface area contributed by atoms with Gasteiger partial charge in [0.1, 0.15) is 0 Å². The van der Waals surface area contributed by atoms with Crippen molar-refractivity contribution in [3.63, 3.8) is 0 Å². The van der Waals surface area contributed by atoms with Gasteiger partial charge in [0.2, 0.25) is 11.8 Å². The topological polar surface area (TPSA) is 49.4 Å². The molecule has 4 heteroatoms. The standard InChI is InChI=1S/C20H30N2O2/c1-15-7-5-6-8-16(15)9-10-18(23)22-13-11-17(12-14-22)21-19(24)20(2,3)4/h5-8,17H,9-14H2,1-4H3,(H,21,24). The average Bonchev–Trinajstić information content (AvgIpc) is 2.53. The minimum Gasteiger partial charge on any atom is -0.353 e. The normalized spacial score (nSPS) is 16.1. The van der Waals surface area contributed by atoms with Crippen LogP contribution in [0.4, 0.5) is 0 Å². The molecule has 0 unspecified atom stereocenters. The monoisotopic (exact) mass is 330 g/mol. The summed E-state index contributed by atoms with van der Waals surface area (Å²) in [6.45, 7) is 9.33. The van der Waals surface area contributed by atoms with Crippen molar-refractivity contribution in [1.29, 1.82) is 0 Å². The molecule has 1 aliphatic rings.